The summed E-state index contributed by atoms with van der Waals surface area (Å²) in [6.45, 7) is 0.727. The lowest BCUT2D eigenvalue weighted by Crippen LogP contribution is -2.31. The maximum Gasteiger partial charge on any atom is 0.233 e. The molecule has 0 saturated carbocycles. The van der Waals surface area contributed by atoms with Gasteiger partial charge in [-0.15, -0.1) is 11.8 Å². The number of carbonyl (C=O) groups excluding carboxylic acids is 1. The SMILES string of the molecule is O=C(CSc1ccc(F)cc1)N1CCCC1c1ccc(F)cc1. The van der Waals surface area contributed by atoms with Crippen molar-refractivity contribution in [2.45, 2.75) is 23.8 Å². The van der Waals surface area contributed by atoms with Crippen molar-refractivity contribution in [3.63, 3.8) is 0 Å². The van der Waals surface area contributed by atoms with Crippen LogP contribution < -0.4 is 0 Å². The van der Waals surface area contributed by atoms with E-state index < -0.39 is 0 Å². The lowest BCUT2D eigenvalue weighted by atomic mass is 10.0. The Hall–Kier alpha value is -1.88. The standard InChI is InChI=1S/C18H17F2NOS/c19-14-5-3-13(4-6-14)17-2-1-11-21(17)18(22)12-23-16-9-7-15(20)8-10-16/h3-10,17H,1-2,11-12H2. The molecule has 2 nitrogen and oxygen atoms in total. The minimum atomic E-state index is -0.281. The van der Waals surface area contributed by atoms with Crippen molar-refractivity contribution in [3.8, 4) is 0 Å². The fourth-order valence-electron chi connectivity index (χ4n) is 2.86. The number of likely N-dealkylation sites (tertiary alicyclic amines) is 1. The molecule has 2 aromatic rings. The highest BCUT2D eigenvalue weighted by atomic mass is 32.2. The number of thioether (sulfide) groups is 1. The first-order valence-corrected chi connectivity index (χ1v) is 8.55. The van der Waals surface area contributed by atoms with E-state index in [1.165, 1.54) is 36.0 Å². The minimum Gasteiger partial charge on any atom is -0.335 e. The molecule has 0 spiro atoms. The molecule has 2 aromatic carbocycles. The zero-order chi connectivity index (χ0) is 16.2. The van der Waals surface area contributed by atoms with E-state index >= 15 is 0 Å². The zero-order valence-corrected chi connectivity index (χ0v) is 13.4. The summed E-state index contributed by atoms with van der Waals surface area (Å²) in [6, 6.07) is 12.5. The smallest absolute Gasteiger partial charge is 0.233 e. The Labute approximate surface area is 138 Å². The summed E-state index contributed by atoms with van der Waals surface area (Å²) < 4.78 is 25.9. The van der Waals surface area contributed by atoms with Crippen LogP contribution in [-0.4, -0.2) is 23.1 Å². The van der Waals surface area contributed by atoms with Gasteiger partial charge in [0.15, 0.2) is 0 Å². The van der Waals surface area contributed by atoms with Gasteiger partial charge in [0.1, 0.15) is 11.6 Å². The molecule has 1 saturated heterocycles. The van der Waals surface area contributed by atoms with Gasteiger partial charge in [-0.2, -0.15) is 0 Å². The molecule has 0 bridgehead atoms. The van der Waals surface area contributed by atoms with E-state index in [0.717, 1.165) is 29.8 Å². The van der Waals surface area contributed by atoms with Crippen LogP contribution in [0.15, 0.2) is 53.4 Å². The van der Waals surface area contributed by atoms with Gasteiger partial charge in [-0.3, -0.25) is 4.79 Å². The van der Waals surface area contributed by atoms with Gasteiger partial charge in [0.25, 0.3) is 0 Å². The number of amides is 1. The molecule has 1 fully saturated rings. The summed E-state index contributed by atoms with van der Waals surface area (Å²) in [4.78, 5) is 15.2. The zero-order valence-electron chi connectivity index (χ0n) is 12.5. The molecule has 1 amide bonds. The van der Waals surface area contributed by atoms with Crippen LogP contribution in [0.4, 0.5) is 8.78 Å². The van der Waals surface area contributed by atoms with Crippen molar-refractivity contribution >= 4 is 17.7 Å². The van der Waals surface area contributed by atoms with Crippen LogP contribution >= 0.6 is 11.8 Å². The second kappa shape index (κ2) is 7.13. The van der Waals surface area contributed by atoms with Crippen molar-refractivity contribution in [2.75, 3.05) is 12.3 Å². The van der Waals surface area contributed by atoms with Gasteiger partial charge in [0.05, 0.1) is 11.8 Å². The van der Waals surface area contributed by atoms with E-state index in [0.29, 0.717) is 5.75 Å². The Morgan fingerprint density at radius 3 is 2.30 bits per heavy atom. The molecule has 0 aromatic heterocycles. The van der Waals surface area contributed by atoms with Crippen molar-refractivity contribution < 1.29 is 13.6 Å². The van der Waals surface area contributed by atoms with E-state index in [-0.39, 0.29) is 23.6 Å². The Morgan fingerprint density at radius 1 is 1.04 bits per heavy atom. The van der Waals surface area contributed by atoms with Gasteiger partial charge in [-0.1, -0.05) is 12.1 Å². The predicted octanol–water partition coefficient (Wildman–Crippen LogP) is 4.42. The van der Waals surface area contributed by atoms with Crippen molar-refractivity contribution in [3.05, 3.63) is 65.7 Å². The predicted molar refractivity (Wildman–Crippen MR) is 87.2 cm³/mol. The van der Waals surface area contributed by atoms with Crippen LogP contribution in [0.2, 0.25) is 0 Å². The van der Waals surface area contributed by atoms with Gasteiger partial charge < -0.3 is 4.90 Å². The largest absolute Gasteiger partial charge is 0.335 e. The normalized spacial score (nSPS) is 17.5. The number of hydrogen-bond acceptors (Lipinski definition) is 2. The minimum absolute atomic E-state index is 0.0249. The molecule has 0 N–H and O–H groups in total. The number of halogens is 2. The van der Waals surface area contributed by atoms with Crippen LogP contribution in [0.1, 0.15) is 24.4 Å². The van der Waals surface area contributed by atoms with Gasteiger partial charge in [0.2, 0.25) is 5.91 Å². The van der Waals surface area contributed by atoms with Crippen LogP contribution in [-0.2, 0) is 4.79 Å². The van der Waals surface area contributed by atoms with Gasteiger partial charge in [-0.25, -0.2) is 8.78 Å². The first kappa shape index (κ1) is 16.0. The lowest BCUT2D eigenvalue weighted by Gasteiger charge is -2.25. The highest BCUT2D eigenvalue weighted by molar-refractivity contribution is 8.00. The molecule has 23 heavy (non-hydrogen) atoms. The third kappa shape index (κ3) is 3.91. The molecule has 1 unspecified atom stereocenters. The second-order valence-electron chi connectivity index (χ2n) is 5.54. The molecule has 3 rings (SSSR count). The van der Waals surface area contributed by atoms with E-state index in [2.05, 4.69) is 0 Å². The lowest BCUT2D eigenvalue weighted by molar-refractivity contribution is -0.129. The summed E-state index contributed by atoms with van der Waals surface area (Å²) in [5, 5.41) is 0. The third-order valence-corrected chi connectivity index (χ3v) is 5.00. The summed E-state index contributed by atoms with van der Waals surface area (Å²) in [7, 11) is 0. The molecule has 0 radical (unpaired) electrons. The Bertz CT molecular complexity index is 672. The number of benzene rings is 2. The molecule has 1 heterocycles. The summed E-state index contributed by atoms with van der Waals surface area (Å²) in [5.41, 5.74) is 0.976. The van der Waals surface area contributed by atoms with Crippen LogP contribution in [0.25, 0.3) is 0 Å². The highest BCUT2D eigenvalue weighted by Crippen LogP contribution is 2.33. The second-order valence-corrected chi connectivity index (χ2v) is 6.59. The Morgan fingerprint density at radius 2 is 1.65 bits per heavy atom. The average molecular weight is 333 g/mol. The maximum atomic E-state index is 13.1. The first-order valence-electron chi connectivity index (χ1n) is 7.57. The van der Waals surface area contributed by atoms with E-state index in [9.17, 15) is 13.6 Å². The molecule has 1 aliphatic rings. The molecule has 5 heteroatoms. The van der Waals surface area contributed by atoms with E-state index in [1.54, 1.807) is 24.3 Å². The fourth-order valence-corrected chi connectivity index (χ4v) is 3.64. The fraction of sp³-hybridized carbons (Fsp3) is 0.278. The van der Waals surface area contributed by atoms with Crippen molar-refractivity contribution in [1.82, 2.24) is 4.90 Å². The van der Waals surface area contributed by atoms with Crippen molar-refractivity contribution in [1.29, 1.82) is 0 Å². The number of rotatable bonds is 4. The molecule has 0 aliphatic carbocycles. The number of carbonyl (C=O) groups is 1. The molecule has 120 valence electrons. The highest BCUT2D eigenvalue weighted by Gasteiger charge is 2.29. The topological polar surface area (TPSA) is 20.3 Å². The average Bonchev–Trinajstić information content (AvgIpc) is 3.04. The first-order chi connectivity index (χ1) is 11.1. The molecule has 1 aliphatic heterocycles. The number of hydrogen-bond donors (Lipinski definition) is 0. The monoisotopic (exact) mass is 333 g/mol. The third-order valence-electron chi connectivity index (χ3n) is 4.00. The van der Waals surface area contributed by atoms with Gasteiger partial charge in [-0.05, 0) is 54.8 Å². The van der Waals surface area contributed by atoms with Crippen LogP contribution in [0.3, 0.4) is 0 Å². The summed E-state index contributed by atoms with van der Waals surface area (Å²) >= 11 is 1.41. The van der Waals surface area contributed by atoms with E-state index in [4.69, 9.17) is 0 Å². The quantitative estimate of drug-likeness (QED) is 0.772. The molecule has 1 atom stereocenters. The maximum absolute atomic E-state index is 13.1. The van der Waals surface area contributed by atoms with Crippen LogP contribution in [0, 0.1) is 11.6 Å². The Balaban J connectivity index is 1.63. The van der Waals surface area contributed by atoms with Crippen molar-refractivity contribution in [2.24, 2.45) is 0 Å². The van der Waals surface area contributed by atoms with Gasteiger partial charge in [0, 0.05) is 11.4 Å². The van der Waals surface area contributed by atoms with Crippen LogP contribution in [0.5, 0.6) is 0 Å². The Kier molecular flexibility index (Phi) is 4.96. The molecular weight excluding hydrogens is 316 g/mol. The van der Waals surface area contributed by atoms with Gasteiger partial charge >= 0.3 is 0 Å². The molecular formula is C18H17F2NOS. The summed E-state index contributed by atoms with van der Waals surface area (Å²) in [5.74, 6) is -0.164. The summed E-state index contributed by atoms with van der Waals surface area (Å²) in [6.07, 6.45) is 1.85. The number of nitrogens with zero attached hydrogens (tertiary/aromatic N) is 1. The van der Waals surface area contributed by atoms with E-state index in [1.807, 2.05) is 4.90 Å².